The van der Waals surface area contributed by atoms with Gasteiger partial charge in [0.1, 0.15) is 5.66 Å². The zero-order valence-electron chi connectivity index (χ0n) is 13.7. The quantitative estimate of drug-likeness (QED) is 0.830. The Morgan fingerprint density at radius 2 is 1.83 bits per heavy atom. The largest absolute Gasteiger partial charge is 0.369 e. The van der Waals surface area contributed by atoms with Gasteiger partial charge < -0.3 is 11.5 Å². The maximum Gasteiger partial charge on any atom is 0.220 e. The van der Waals surface area contributed by atoms with Gasteiger partial charge in [0, 0.05) is 10.6 Å². The smallest absolute Gasteiger partial charge is 0.220 e. The molecule has 3 rings (SSSR count). The van der Waals surface area contributed by atoms with Crippen molar-refractivity contribution in [3.8, 4) is 0 Å². The van der Waals surface area contributed by atoms with Crippen LogP contribution in [0.2, 0.25) is 0 Å². The summed E-state index contributed by atoms with van der Waals surface area (Å²) in [5.41, 5.74) is 12.8. The summed E-state index contributed by atoms with van der Waals surface area (Å²) in [6.45, 7) is 2.20. The van der Waals surface area contributed by atoms with Crippen molar-refractivity contribution in [3.05, 3.63) is 24.3 Å². The van der Waals surface area contributed by atoms with E-state index >= 15 is 0 Å². The third-order valence-electron chi connectivity index (χ3n) is 4.42. The lowest BCUT2D eigenvalue weighted by Crippen LogP contribution is -2.58. The predicted octanol–water partition coefficient (Wildman–Crippen LogP) is 3.30. The number of thioether (sulfide) groups is 1. The first kappa shape index (κ1) is 16.2. The summed E-state index contributed by atoms with van der Waals surface area (Å²) in [6.07, 6.45) is 6.65. The molecule has 124 valence electrons. The van der Waals surface area contributed by atoms with E-state index in [9.17, 15) is 0 Å². The first-order valence-electron chi connectivity index (χ1n) is 8.37. The first-order valence-corrected chi connectivity index (χ1v) is 9.36. The molecule has 1 heterocycles. The molecule has 0 unspecified atom stereocenters. The highest BCUT2D eigenvalue weighted by Crippen LogP contribution is 2.39. The summed E-state index contributed by atoms with van der Waals surface area (Å²) < 4.78 is 0. The number of hydrogen-bond acceptors (Lipinski definition) is 6. The molecule has 0 atom stereocenters. The van der Waals surface area contributed by atoms with E-state index in [0.29, 0.717) is 11.9 Å². The second-order valence-electron chi connectivity index (χ2n) is 6.16. The lowest BCUT2D eigenvalue weighted by Gasteiger charge is -2.45. The molecular weight excluding hydrogens is 306 g/mol. The van der Waals surface area contributed by atoms with Crippen molar-refractivity contribution < 1.29 is 0 Å². The van der Waals surface area contributed by atoms with Gasteiger partial charge in [-0.25, -0.2) is 4.99 Å². The van der Waals surface area contributed by atoms with E-state index in [0.717, 1.165) is 37.1 Å². The van der Waals surface area contributed by atoms with Crippen molar-refractivity contribution in [2.75, 3.05) is 10.7 Å². The summed E-state index contributed by atoms with van der Waals surface area (Å²) in [7, 11) is 0. The Bertz CT molecular complexity index is 602. The van der Waals surface area contributed by atoms with Crippen molar-refractivity contribution >= 4 is 29.4 Å². The molecule has 2 aliphatic rings. The van der Waals surface area contributed by atoms with Crippen molar-refractivity contribution in [3.63, 3.8) is 0 Å². The highest BCUT2D eigenvalue weighted by atomic mass is 32.2. The third-order valence-corrected chi connectivity index (χ3v) is 5.64. The minimum atomic E-state index is -0.355. The molecule has 0 aromatic heterocycles. The van der Waals surface area contributed by atoms with Crippen molar-refractivity contribution in [2.45, 2.75) is 56.0 Å². The lowest BCUT2D eigenvalue weighted by molar-refractivity contribution is 0.305. The number of guanidine groups is 2. The Balaban J connectivity index is 1.90. The molecule has 1 fully saturated rings. The molecule has 4 N–H and O–H groups in total. The third kappa shape index (κ3) is 3.32. The molecule has 0 amide bonds. The number of hydrogen-bond donors (Lipinski definition) is 2. The van der Waals surface area contributed by atoms with Crippen molar-refractivity contribution in [1.29, 1.82) is 0 Å². The van der Waals surface area contributed by atoms with Gasteiger partial charge in [0.2, 0.25) is 11.9 Å². The van der Waals surface area contributed by atoms with Crippen LogP contribution in [0.3, 0.4) is 0 Å². The predicted molar refractivity (Wildman–Crippen MR) is 99.0 cm³/mol. The fourth-order valence-corrected chi connectivity index (χ4v) is 4.17. The molecule has 0 saturated heterocycles. The number of anilines is 1. The van der Waals surface area contributed by atoms with Crippen LogP contribution in [0, 0.1) is 0 Å². The molecule has 0 bridgehead atoms. The zero-order valence-corrected chi connectivity index (χ0v) is 14.5. The van der Waals surface area contributed by atoms with Gasteiger partial charge in [0.25, 0.3) is 0 Å². The van der Waals surface area contributed by atoms with Gasteiger partial charge in [0.15, 0.2) is 0 Å². The van der Waals surface area contributed by atoms with Crippen LogP contribution >= 0.6 is 11.8 Å². The van der Waals surface area contributed by atoms with Gasteiger partial charge in [-0.05, 0) is 62.1 Å². The lowest BCUT2D eigenvalue weighted by atomic mass is 9.87. The molecule has 1 aliphatic heterocycles. The van der Waals surface area contributed by atoms with Gasteiger partial charge in [-0.15, -0.1) is 11.8 Å². The normalized spacial score (nSPS) is 20.3. The Labute approximate surface area is 142 Å². The van der Waals surface area contributed by atoms with Gasteiger partial charge in [-0.2, -0.15) is 4.99 Å². The van der Waals surface area contributed by atoms with Gasteiger partial charge in [0.05, 0.1) is 0 Å². The van der Waals surface area contributed by atoms with Crippen molar-refractivity contribution in [1.82, 2.24) is 0 Å². The van der Waals surface area contributed by atoms with Crippen molar-refractivity contribution in [2.24, 2.45) is 21.5 Å². The van der Waals surface area contributed by atoms with Crippen LogP contribution in [0.4, 0.5) is 5.69 Å². The molecule has 1 aromatic carbocycles. The summed E-state index contributed by atoms with van der Waals surface area (Å²) >= 11 is 1.88. The maximum absolute atomic E-state index is 6.24. The monoisotopic (exact) mass is 331 g/mol. The van der Waals surface area contributed by atoms with E-state index in [1.165, 1.54) is 17.7 Å². The van der Waals surface area contributed by atoms with Gasteiger partial charge in [-0.3, -0.25) is 4.90 Å². The fourth-order valence-electron chi connectivity index (χ4n) is 3.41. The average Bonchev–Trinajstić information content (AvgIpc) is 2.54. The Morgan fingerprint density at radius 3 is 2.48 bits per heavy atom. The minimum Gasteiger partial charge on any atom is -0.369 e. The number of nitrogens with zero attached hydrogens (tertiary/aromatic N) is 3. The minimum absolute atomic E-state index is 0.302. The van der Waals surface area contributed by atoms with E-state index in [1.807, 2.05) is 11.8 Å². The molecule has 1 spiro atoms. The summed E-state index contributed by atoms with van der Waals surface area (Å²) in [6, 6.07) is 8.55. The zero-order chi connectivity index (χ0) is 16.3. The highest BCUT2D eigenvalue weighted by molar-refractivity contribution is 7.99. The summed E-state index contributed by atoms with van der Waals surface area (Å²) in [5, 5.41) is 0. The first-order chi connectivity index (χ1) is 11.1. The number of nitrogens with two attached hydrogens (primary N) is 2. The molecule has 1 saturated carbocycles. The summed E-state index contributed by atoms with van der Waals surface area (Å²) in [4.78, 5) is 12.3. The topological polar surface area (TPSA) is 80.0 Å². The number of aliphatic imine (C=N–C) groups is 2. The fraction of sp³-hybridized carbons (Fsp3) is 0.529. The van der Waals surface area contributed by atoms with Crippen LogP contribution < -0.4 is 16.4 Å². The molecular formula is C17H25N5S. The number of benzene rings is 1. The SMILES string of the molecule is CCCSc1ccc(N2C(N)=NC(N)=NC23CCCCC3)cc1. The second-order valence-corrected chi connectivity index (χ2v) is 7.33. The highest BCUT2D eigenvalue weighted by Gasteiger charge is 2.42. The van der Waals surface area contributed by atoms with Crippen LogP contribution in [0.5, 0.6) is 0 Å². The molecule has 0 radical (unpaired) electrons. The van der Waals surface area contributed by atoms with Crippen LogP contribution in [-0.4, -0.2) is 23.3 Å². The Kier molecular flexibility index (Phi) is 4.80. The van der Waals surface area contributed by atoms with Crippen LogP contribution in [0.15, 0.2) is 39.1 Å². The number of rotatable bonds is 4. The Hall–Kier alpha value is -1.69. The van der Waals surface area contributed by atoms with E-state index in [4.69, 9.17) is 16.5 Å². The average molecular weight is 331 g/mol. The Morgan fingerprint density at radius 1 is 1.13 bits per heavy atom. The van der Waals surface area contributed by atoms with Gasteiger partial charge >= 0.3 is 0 Å². The standard InChI is InChI=1S/C17H25N5S/c1-2-12-23-14-8-6-13(7-9-14)22-16(19)20-15(18)21-17(22)10-4-3-5-11-17/h6-9H,2-5,10-12H2,1H3,(H4,18,19,20,21). The van der Waals surface area contributed by atoms with E-state index in [-0.39, 0.29) is 5.66 Å². The van der Waals surface area contributed by atoms with Crippen LogP contribution in [0.1, 0.15) is 45.4 Å². The molecule has 5 nitrogen and oxygen atoms in total. The van der Waals surface area contributed by atoms with Gasteiger partial charge in [-0.1, -0.05) is 13.3 Å². The van der Waals surface area contributed by atoms with Crippen LogP contribution in [-0.2, 0) is 0 Å². The summed E-state index contributed by atoms with van der Waals surface area (Å²) in [5.74, 6) is 1.89. The van der Waals surface area contributed by atoms with E-state index < -0.39 is 0 Å². The molecule has 6 heteroatoms. The maximum atomic E-state index is 6.24. The molecule has 1 aromatic rings. The van der Waals surface area contributed by atoms with E-state index in [1.54, 1.807) is 0 Å². The molecule has 1 aliphatic carbocycles. The second kappa shape index (κ2) is 6.83. The van der Waals surface area contributed by atoms with E-state index in [2.05, 4.69) is 41.1 Å². The van der Waals surface area contributed by atoms with Crippen LogP contribution in [0.25, 0.3) is 0 Å². The molecule has 23 heavy (non-hydrogen) atoms.